The Kier molecular flexibility index (Phi) is 9.65. The van der Waals surface area contributed by atoms with Gasteiger partial charge in [-0.1, -0.05) is 12.1 Å². The average molecular weight is 352 g/mol. The lowest BCUT2D eigenvalue weighted by Gasteiger charge is -2.16. The molecule has 0 spiro atoms. The molecule has 1 rings (SSSR count). The zero-order chi connectivity index (χ0) is 13.4. The van der Waals surface area contributed by atoms with Crippen LogP contribution in [0.15, 0.2) is 28.7 Å². The number of carbonyl (C=O) groups excluding carboxylic acids is 1. The zero-order valence-electron chi connectivity index (χ0n) is 11.1. The number of para-hydroxylation sites is 1. The molecule has 0 aliphatic carbocycles. The fourth-order valence-electron chi connectivity index (χ4n) is 1.38. The fraction of sp³-hybridized carbons (Fsp3) is 0.462. The lowest BCUT2D eigenvalue weighted by molar-refractivity contribution is -0.121. The molecule has 0 fully saturated rings. The lowest BCUT2D eigenvalue weighted by atomic mass is 10.3. The first-order chi connectivity index (χ1) is 8.63. The Labute approximate surface area is 128 Å². The minimum absolute atomic E-state index is 0. The number of ether oxygens (including phenoxy) is 1. The average Bonchev–Trinajstić information content (AvgIpc) is 2.36. The maximum absolute atomic E-state index is 11.4. The first kappa shape index (κ1) is 18.2. The molecule has 6 heteroatoms. The third-order valence-electron chi connectivity index (χ3n) is 2.35. The standard InChI is InChI=1S/C13H19BrN2O2.ClH/c1-10(9-16-13(17)7-8-15-2)18-12-6-4-3-5-11(12)14;/h3-6,10,15H,7-9H2,1-2H3,(H,16,17);1H. The second kappa shape index (κ2) is 10.1. The van der Waals surface area contributed by atoms with Gasteiger partial charge in [0.25, 0.3) is 0 Å². The van der Waals surface area contributed by atoms with Crippen LogP contribution < -0.4 is 15.4 Å². The Morgan fingerprint density at radius 3 is 2.74 bits per heavy atom. The van der Waals surface area contributed by atoms with Crippen molar-refractivity contribution in [3.05, 3.63) is 28.7 Å². The van der Waals surface area contributed by atoms with Crippen LogP contribution in [0.5, 0.6) is 5.75 Å². The predicted octanol–water partition coefficient (Wildman–Crippen LogP) is 2.36. The maximum Gasteiger partial charge on any atom is 0.221 e. The van der Waals surface area contributed by atoms with Gasteiger partial charge in [0.05, 0.1) is 11.0 Å². The number of carbonyl (C=O) groups is 1. The van der Waals surface area contributed by atoms with E-state index in [1.54, 1.807) is 0 Å². The molecule has 1 amide bonds. The van der Waals surface area contributed by atoms with Crippen molar-refractivity contribution in [1.29, 1.82) is 0 Å². The summed E-state index contributed by atoms with van der Waals surface area (Å²) in [5.74, 6) is 0.821. The molecule has 0 saturated carbocycles. The number of rotatable bonds is 7. The Morgan fingerprint density at radius 2 is 2.11 bits per heavy atom. The summed E-state index contributed by atoms with van der Waals surface area (Å²) < 4.78 is 6.64. The molecule has 0 aromatic heterocycles. The van der Waals surface area contributed by atoms with E-state index in [1.807, 2.05) is 38.2 Å². The van der Waals surface area contributed by atoms with E-state index in [1.165, 1.54) is 0 Å². The van der Waals surface area contributed by atoms with Crippen LogP contribution >= 0.6 is 28.3 Å². The van der Waals surface area contributed by atoms with Gasteiger partial charge in [0.1, 0.15) is 11.9 Å². The fourth-order valence-corrected chi connectivity index (χ4v) is 1.76. The van der Waals surface area contributed by atoms with Crippen molar-refractivity contribution in [1.82, 2.24) is 10.6 Å². The van der Waals surface area contributed by atoms with Crippen molar-refractivity contribution < 1.29 is 9.53 Å². The monoisotopic (exact) mass is 350 g/mol. The van der Waals surface area contributed by atoms with Crippen molar-refractivity contribution in [2.45, 2.75) is 19.4 Å². The number of benzene rings is 1. The lowest BCUT2D eigenvalue weighted by Crippen LogP contribution is -2.34. The van der Waals surface area contributed by atoms with E-state index in [0.717, 1.165) is 10.2 Å². The quantitative estimate of drug-likeness (QED) is 0.793. The van der Waals surface area contributed by atoms with E-state index in [0.29, 0.717) is 19.5 Å². The van der Waals surface area contributed by atoms with Gasteiger partial charge in [-0.3, -0.25) is 4.79 Å². The van der Waals surface area contributed by atoms with Crippen LogP contribution in [0.25, 0.3) is 0 Å². The number of halogens is 2. The van der Waals surface area contributed by atoms with E-state index >= 15 is 0 Å². The van der Waals surface area contributed by atoms with Gasteiger partial charge in [-0.25, -0.2) is 0 Å². The Hall–Kier alpha value is -0.780. The summed E-state index contributed by atoms with van der Waals surface area (Å²) in [7, 11) is 1.83. The summed E-state index contributed by atoms with van der Waals surface area (Å²) in [5, 5.41) is 5.77. The largest absolute Gasteiger partial charge is 0.488 e. The second-order valence-corrected chi connectivity index (χ2v) is 4.87. The molecule has 19 heavy (non-hydrogen) atoms. The van der Waals surface area contributed by atoms with E-state index in [9.17, 15) is 4.79 Å². The van der Waals surface area contributed by atoms with Crippen molar-refractivity contribution in [3.8, 4) is 5.75 Å². The molecular formula is C13H20BrClN2O2. The van der Waals surface area contributed by atoms with Crippen molar-refractivity contribution in [2.75, 3.05) is 20.1 Å². The molecule has 0 saturated heterocycles. The van der Waals surface area contributed by atoms with E-state index in [2.05, 4.69) is 26.6 Å². The van der Waals surface area contributed by atoms with E-state index < -0.39 is 0 Å². The molecule has 1 aromatic carbocycles. The van der Waals surface area contributed by atoms with Crippen LogP contribution in [0, 0.1) is 0 Å². The highest BCUT2D eigenvalue weighted by atomic mass is 79.9. The Morgan fingerprint density at radius 1 is 1.42 bits per heavy atom. The first-order valence-corrected chi connectivity index (χ1v) is 6.75. The minimum Gasteiger partial charge on any atom is -0.488 e. The smallest absolute Gasteiger partial charge is 0.221 e. The highest BCUT2D eigenvalue weighted by Gasteiger charge is 2.08. The molecule has 1 atom stereocenters. The van der Waals surface area contributed by atoms with Crippen LogP contribution in [0.1, 0.15) is 13.3 Å². The molecule has 0 aliphatic rings. The van der Waals surface area contributed by atoms with Gasteiger partial charge < -0.3 is 15.4 Å². The Balaban J connectivity index is 0.00000324. The van der Waals surface area contributed by atoms with Gasteiger partial charge in [-0.05, 0) is 42.0 Å². The summed E-state index contributed by atoms with van der Waals surface area (Å²) in [6, 6.07) is 7.66. The molecule has 4 nitrogen and oxygen atoms in total. The van der Waals surface area contributed by atoms with Gasteiger partial charge >= 0.3 is 0 Å². The van der Waals surface area contributed by atoms with Gasteiger partial charge in [0, 0.05) is 13.0 Å². The van der Waals surface area contributed by atoms with Crippen molar-refractivity contribution >= 4 is 34.2 Å². The summed E-state index contributed by atoms with van der Waals surface area (Å²) in [6.07, 6.45) is 0.417. The number of hydrogen-bond acceptors (Lipinski definition) is 3. The molecule has 0 bridgehead atoms. The maximum atomic E-state index is 11.4. The second-order valence-electron chi connectivity index (χ2n) is 4.02. The van der Waals surface area contributed by atoms with Crippen LogP contribution in [-0.2, 0) is 4.79 Å². The van der Waals surface area contributed by atoms with Crippen LogP contribution in [0.3, 0.4) is 0 Å². The summed E-state index contributed by atoms with van der Waals surface area (Å²) in [4.78, 5) is 11.4. The topological polar surface area (TPSA) is 50.4 Å². The van der Waals surface area contributed by atoms with Crippen LogP contribution in [-0.4, -0.2) is 32.1 Å². The predicted molar refractivity (Wildman–Crippen MR) is 83.0 cm³/mol. The van der Waals surface area contributed by atoms with Gasteiger partial charge in [-0.15, -0.1) is 12.4 Å². The molecule has 1 aromatic rings. The normalized spacial score (nSPS) is 11.3. The summed E-state index contributed by atoms with van der Waals surface area (Å²) >= 11 is 3.42. The first-order valence-electron chi connectivity index (χ1n) is 5.96. The number of nitrogens with one attached hydrogen (secondary N) is 2. The minimum atomic E-state index is -0.0674. The van der Waals surface area contributed by atoms with Gasteiger partial charge in [0.2, 0.25) is 5.91 Å². The SMILES string of the molecule is CNCCC(=O)NCC(C)Oc1ccccc1Br.Cl. The third-order valence-corrected chi connectivity index (χ3v) is 3.01. The molecule has 108 valence electrons. The zero-order valence-corrected chi connectivity index (χ0v) is 13.5. The summed E-state index contributed by atoms with van der Waals surface area (Å²) in [5.41, 5.74) is 0. The highest BCUT2D eigenvalue weighted by Crippen LogP contribution is 2.24. The Bertz CT molecular complexity index is 391. The molecular weight excluding hydrogens is 332 g/mol. The van der Waals surface area contributed by atoms with Crippen LogP contribution in [0.2, 0.25) is 0 Å². The van der Waals surface area contributed by atoms with Crippen LogP contribution in [0.4, 0.5) is 0 Å². The molecule has 0 aliphatic heterocycles. The number of amides is 1. The van der Waals surface area contributed by atoms with Gasteiger partial charge in [-0.2, -0.15) is 0 Å². The van der Waals surface area contributed by atoms with Crippen molar-refractivity contribution in [3.63, 3.8) is 0 Å². The molecule has 1 unspecified atom stereocenters. The van der Waals surface area contributed by atoms with E-state index in [-0.39, 0.29) is 24.4 Å². The highest BCUT2D eigenvalue weighted by molar-refractivity contribution is 9.10. The summed E-state index contributed by atoms with van der Waals surface area (Å²) in [6.45, 7) is 3.12. The molecule has 0 radical (unpaired) electrons. The molecule has 0 heterocycles. The van der Waals surface area contributed by atoms with E-state index in [4.69, 9.17) is 4.74 Å². The van der Waals surface area contributed by atoms with Gasteiger partial charge in [0.15, 0.2) is 0 Å². The number of hydrogen-bond donors (Lipinski definition) is 2. The van der Waals surface area contributed by atoms with Crippen molar-refractivity contribution in [2.24, 2.45) is 0 Å². The molecule has 2 N–H and O–H groups in total. The third kappa shape index (κ3) is 7.40.